The largest absolute Gasteiger partial charge is 0.444 e. The van der Waals surface area contributed by atoms with Crippen LogP contribution in [0.15, 0.2) is 54.1 Å². The fourth-order valence-electron chi connectivity index (χ4n) is 4.72. The number of aryl methyl sites for hydroxylation is 1. The van der Waals surface area contributed by atoms with Crippen LogP contribution in [-0.2, 0) is 4.74 Å². The average Bonchev–Trinajstić information content (AvgIpc) is 2.62. The molecule has 1 aliphatic heterocycles. The number of hydrogen-bond donors (Lipinski definition) is 1. The predicted molar refractivity (Wildman–Crippen MR) is 126 cm³/mol. The van der Waals surface area contributed by atoms with Gasteiger partial charge in [0, 0.05) is 24.5 Å². The first-order valence-corrected chi connectivity index (χ1v) is 11.2. The van der Waals surface area contributed by atoms with E-state index >= 15 is 0 Å². The molecule has 4 rings (SSSR count). The maximum absolute atomic E-state index is 12.3. The summed E-state index contributed by atoms with van der Waals surface area (Å²) in [6.07, 6.45) is 1.87. The zero-order valence-electron chi connectivity index (χ0n) is 19.4. The van der Waals surface area contributed by atoms with E-state index in [-0.39, 0.29) is 17.6 Å². The number of carbonyl (C=O) groups excluding carboxylic acids is 1. The van der Waals surface area contributed by atoms with E-state index in [1.165, 1.54) is 27.8 Å². The Morgan fingerprint density at radius 2 is 1.52 bits per heavy atom. The predicted octanol–water partition coefficient (Wildman–Crippen LogP) is 5.85. The van der Waals surface area contributed by atoms with Crippen molar-refractivity contribution in [3.05, 3.63) is 76.4 Å². The van der Waals surface area contributed by atoms with Crippen molar-refractivity contribution < 1.29 is 9.53 Å². The first kappa shape index (κ1) is 21.6. The van der Waals surface area contributed by atoms with Crippen LogP contribution in [0.25, 0.3) is 5.57 Å². The monoisotopic (exact) mass is 418 g/mol. The second-order valence-corrected chi connectivity index (χ2v) is 10.4. The number of nitrogens with two attached hydrogens (primary N) is 1. The number of carbonyl (C=O) groups is 1. The minimum atomic E-state index is -0.448. The highest BCUT2D eigenvalue weighted by Crippen LogP contribution is 2.54. The Hall–Kier alpha value is -2.59. The maximum atomic E-state index is 12.3. The summed E-state index contributed by atoms with van der Waals surface area (Å²) in [7, 11) is 0. The van der Waals surface area contributed by atoms with Gasteiger partial charge in [-0.2, -0.15) is 0 Å². The molecule has 2 N–H and O–H groups in total. The molecule has 2 aromatic rings. The van der Waals surface area contributed by atoms with Crippen molar-refractivity contribution in [3.63, 3.8) is 0 Å². The van der Waals surface area contributed by atoms with Gasteiger partial charge in [0.15, 0.2) is 0 Å². The van der Waals surface area contributed by atoms with Gasteiger partial charge in [-0.15, -0.1) is 0 Å². The zero-order valence-corrected chi connectivity index (χ0v) is 19.4. The van der Waals surface area contributed by atoms with Crippen molar-refractivity contribution in [1.29, 1.82) is 0 Å². The smallest absolute Gasteiger partial charge is 0.410 e. The third kappa shape index (κ3) is 4.54. The molecule has 164 valence electrons. The van der Waals surface area contributed by atoms with Crippen LogP contribution in [-0.4, -0.2) is 29.7 Å². The molecular formula is C27H34N2O2. The van der Waals surface area contributed by atoms with E-state index in [1.54, 1.807) is 0 Å². The fourth-order valence-corrected chi connectivity index (χ4v) is 4.72. The van der Waals surface area contributed by atoms with Crippen LogP contribution >= 0.6 is 0 Å². The van der Waals surface area contributed by atoms with Crippen molar-refractivity contribution in [3.8, 4) is 0 Å². The summed E-state index contributed by atoms with van der Waals surface area (Å²) in [5.41, 5.74) is 13.5. The first-order chi connectivity index (χ1) is 14.6. The topological polar surface area (TPSA) is 55.6 Å². The molecule has 2 aromatic carbocycles. The van der Waals surface area contributed by atoms with Crippen LogP contribution in [0.1, 0.15) is 68.8 Å². The van der Waals surface area contributed by atoms with Crippen LogP contribution in [0.5, 0.6) is 0 Å². The van der Waals surface area contributed by atoms with Crippen molar-refractivity contribution in [2.45, 2.75) is 59.1 Å². The first-order valence-electron chi connectivity index (χ1n) is 11.2. The second-order valence-electron chi connectivity index (χ2n) is 10.4. The number of allylic oxidation sites excluding steroid dienone is 1. The normalized spacial score (nSPS) is 18.3. The minimum Gasteiger partial charge on any atom is -0.444 e. The van der Waals surface area contributed by atoms with Gasteiger partial charge in [-0.05, 0) is 69.7 Å². The quantitative estimate of drug-likeness (QED) is 0.680. The van der Waals surface area contributed by atoms with Gasteiger partial charge >= 0.3 is 6.09 Å². The highest BCUT2D eigenvalue weighted by Gasteiger charge is 2.53. The average molecular weight is 419 g/mol. The molecule has 2 aliphatic rings. The Morgan fingerprint density at radius 3 is 2.00 bits per heavy atom. The molecule has 1 atom stereocenters. The third-order valence-electron chi connectivity index (χ3n) is 6.30. The number of nitrogens with zero attached hydrogens (tertiary/aromatic N) is 1. The SMILES string of the molecule is Cc1ccc(C(=C2CC3(C2)CN(C(=O)OC(C)(C)C)C3)c2ccc([C@@H](C)N)cc2)cc1. The molecule has 0 aromatic heterocycles. The molecule has 0 unspecified atom stereocenters. The van der Waals surface area contributed by atoms with Gasteiger partial charge in [0.1, 0.15) is 5.60 Å². The molecule has 0 radical (unpaired) electrons. The molecule has 4 heteroatoms. The fraction of sp³-hybridized carbons (Fsp3) is 0.444. The molecule has 0 bridgehead atoms. The molecule has 4 nitrogen and oxygen atoms in total. The van der Waals surface area contributed by atoms with Crippen LogP contribution < -0.4 is 5.73 Å². The van der Waals surface area contributed by atoms with Gasteiger partial charge in [-0.1, -0.05) is 59.7 Å². The van der Waals surface area contributed by atoms with Gasteiger partial charge in [0.25, 0.3) is 0 Å². The van der Waals surface area contributed by atoms with Crippen molar-refractivity contribution in [1.82, 2.24) is 4.90 Å². The number of amides is 1. The molecule has 1 heterocycles. The molecule has 1 saturated heterocycles. The summed E-state index contributed by atoms with van der Waals surface area (Å²) < 4.78 is 5.52. The second kappa shape index (κ2) is 7.83. The number of hydrogen-bond acceptors (Lipinski definition) is 3. The highest BCUT2D eigenvalue weighted by molar-refractivity contribution is 5.83. The van der Waals surface area contributed by atoms with E-state index in [1.807, 2.05) is 32.6 Å². The van der Waals surface area contributed by atoms with E-state index in [9.17, 15) is 4.79 Å². The van der Waals surface area contributed by atoms with Gasteiger partial charge in [-0.3, -0.25) is 0 Å². The highest BCUT2D eigenvalue weighted by atomic mass is 16.6. The van der Waals surface area contributed by atoms with Crippen molar-refractivity contribution in [2.24, 2.45) is 11.1 Å². The van der Waals surface area contributed by atoms with Crippen LogP contribution in [0.2, 0.25) is 0 Å². The van der Waals surface area contributed by atoms with Gasteiger partial charge in [0.05, 0.1) is 0 Å². The molecule has 1 spiro atoms. The summed E-state index contributed by atoms with van der Waals surface area (Å²) in [6, 6.07) is 17.5. The number of likely N-dealkylation sites (tertiary alicyclic amines) is 1. The van der Waals surface area contributed by atoms with Gasteiger partial charge in [0.2, 0.25) is 0 Å². The van der Waals surface area contributed by atoms with Gasteiger partial charge < -0.3 is 15.4 Å². The molecular weight excluding hydrogens is 384 g/mol. The summed E-state index contributed by atoms with van der Waals surface area (Å²) in [5.74, 6) is 0. The molecule has 1 aliphatic carbocycles. The molecule has 2 fully saturated rings. The molecule has 1 saturated carbocycles. The van der Waals surface area contributed by atoms with Crippen molar-refractivity contribution in [2.75, 3.05) is 13.1 Å². The Labute approximate surface area is 186 Å². The number of rotatable bonds is 3. The summed E-state index contributed by atoms with van der Waals surface area (Å²) in [6.45, 7) is 11.4. The van der Waals surface area contributed by atoms with E-state index in [4.69, 9.17) is 10.5 Å². The Kier molecular flexibility index (Phi) is 5.47. The minimum absolute atomic E-state index is 0.0327. The Balaban J connectivity index is 1.55. The lowest BCUT2D eigenvalue weighted by molar-refractivity contribution is -0.0500. The molecule has 31 heavy (non-hydrogen) atoms. The van der Waals surface area contributed by atoms with E-state index in [0.717, 1.165) is 31.5 Å². The zero-order chi connectivity index (χ0) is 22.4. The third-order valence-corrected chi connectivity index (χ3v) is 6.30. The Bertz CT molecular complexity index is 979. The Morgan fingerprint density at radius 1 is 1.00 bits per heavy atom. The van der Waals surface area contributed by atoms with Crippen LogP contribution in [0, 0.1) is 12.3 Å². The van der Waals surface area contributed by atoms with Crippen LogP contribution in [0.4, 0.5) is 4.79 Å². The number of benzene rings is 2. The van der Waals surface area contributed by atoms with E-state index in [0.29, 0.717) is 0 Å². The van der Waals surface area contributed by atoms with E-state index in [2.05, 4.69) is 55.5 Å². The number of ether oxygens (including phenoxy) is 1. The van der Waals surface area contributed by atoms with Crippen molar-refractivity contribution >= 4 is 11.7 Å². The lowest BCUT2D eigenvalue weighted by Crippen LogP contribution is -2.62. The van der Waals surface area contributed by atoms with Crippen LogP contribution in [0.3, 0.4) is 0 Å². The van der Waals surface area contributed by atoms with E-state index < -0.39 is 5.60 Å². The maximum Gasteiger partial charge on any atom is 0.410 e. The standard InChI is InChI=1S/C27H34N2O2/c1-18-6-8-21(9-7-18)24(22-12-10-20(11-13-22)19(2)28)23-14-27(15-23)16-29(17-27)25(30)31-26(3,4)5/h6-13,19H,14-17,28H2,1-5H3/t19-/m1/s1. The molecule has 1 amide bonds. The summed E-state index contributed by atoms with van der Waals surface area (Å²) in [5, 5.41) is 0. The lowest BCUT2D eigenvalue weighted by atomic mass is 9.59. The summed E-state index contributed by atoms with van der Waals surface area (Å²) >= 11 is 0. The van der Waals surface area contributed by atoms with Gasteiger partial charge in [-0.25, -0.2) is 4.79 Å². The lowest BCUT2D eigenvalue weighted by Gasteiger charge is -2.57. The summed E-state index contributed by atoms with van der Waals surface area (Å²) in [4.78, 5) is 14.2.